The summed E-state index contributed by atoms with van der Waals surface area (Å²) in [7, 11) is 0. The van der Waals surface area contributed by atoms with Gasteiger partial charge < -0.3 is 21.3 Å². The SMILES string of the molecule is NCc1ccc(NC(CO)CO)cn1. The average Bonchev–Trinajstić information content (AvgIpc) is 2.26. The number of aromatic nitrogens is 1. The first-order valence-corrected chi connectivity index (χ1v) is 4.43. The number of nitrogens with zero attached hydrogens (tertiary/aromatic N) is 1. The van der Waals surface area contributed by atoms with Crippen molar-refractivity contribution in [3.63, 3.8) is 0 Å². The van der Waals surface area contributed by atoms with Gasteiger partial charge in [0.05, 0.1) is 36.8 Å². The Balaban J connectivity index is 2.58. The first kappa shape index (κ1) is 10.9. The van der Waals surface area contributed by atoms with Crippen LogP contribution in [0.25, 0.3) is 0 Å². The molecule has 0 aliphatic rings. The molecule has 0 saturated carbocycles. The summed E-state index contributed by atoms with van der Waals surface area (Å²) < 4.78 is 0. The van der Waals surface area contributed by atoms with Crippen LogP contribution in [-0.2, 0) is 6.54 Å². The molecule has 78 valence electrons. The molecule has 0 bridgehead atoms. The molecule has 1 aromatic rings. The number of rotatable bonds is 5. The third-order valence-electron chi connectivity index (χ3n) is 1.85. The number of pyridine rings is 1. The number of nitrogens with two attached hydrogens (primary N) is 1. The van der Waals surface area contributed by atoms with Crippen LogP contribution in [0.4, 0.5) is 5.69 Å². The summed E-state index contributed by atoms with van der Waals surface area (Å²) in [5.74, 6) is 0. The van der Waals surface area contributed by atoms with Crippen LogP contribution < -0.4 is 11.1 Å². The summed E-state index contributed by atoms with van der Waals surface area (Å²) in [6.45, 7) is 0.175. The monoisotopic (exact) mass is 197 g/mol. The Labute approximate surface area is 82.6 Å². The van der Waals surface area contributed by atoms with Crippen LogP contribution in [0.2, 0.25) is 0 Å². The van der Waals surface area contributed by atoms with Gasteiger partial charge >= 0.3 is 0 Å². The van der Waals surface area contributed by atoms with E-state index in [1.807, 2.05) is 6.07 Å². The first-order chi connectivity index (χ1) is 6.80. The normalized spacial score (nSPS) is 10.6. The Morgan fingerprint density at radius 3 is 2.50 bits per heavy atom. The van der Waals surface area contributed by atoms with E-state index in [-0.39, 0.29) is 19.3 Å². The van der Waals surface area contributed by atoms with Crippen LogP contribution in [0, 0.1) is 0 Å². The molecule has 0 fully saturated rings. The smallest absolute Gasteiger partial charge is 0.0723 e. The van der Waals surface area contributed by atoms with E-state index in [2.05, 4.69) is 10.3 Å². The number of hydrogen-bond donors (Lipinski definition) is 4. The highest BCUT2D eigenvalue weighted by Crippen LogP contribution is 2.07. The van der Waals surface area contributed by atoms with Gasteiger partial charge in [0.2, 0.25) is 0 Å². The quantitative estimate of drug-likeness (QED) is 0.501. The molecule has 0 aliphatic carbocycles. The van der Waals surface area contributed by atoms with Crippen molar-refractivity contribution in [3.8, 4) is 0 Å². The molecule has 0 amide bonds. The highest BCUT2D eigenvalue weighted by Gasteiger charge is 2.04. The van der Waals surface area contributed by atoms with Gasteiger partial charge in [-0.2, -0.15) is 0 Å². The molecular formula is C9H15N3O2. The van der Waals surface area contributed by atoms with Gasteiger partial charge in [-0.3, -0.25) is 4.98 Å². The maximum Gasteiger partial charge on any atom is 0.0723 e. The molecule has 0 saturated heterocycles. The molecule has 5 heteroatoms. The third-order valence-corrected chi connectivity index (χ3v) is 1.85. The Kier molecular flexibility index (Phi) is 4.31. The number of aliphatic hydroxyl groups excluding tert-OH is 2. The van der Waals surface area contributed by atoms with E-state index in [0.717, 1.165) is 11.4 Å². The standard InChI is InChI=1S/C9H15N3O2/c10-3-7-1-2-8(4-11-7)12-9(5-13)6-14/h1-2,4,9,12-14H,3,5-6,10H2. The van der Waals surface area contributed by atoms with Gasteiger partial charge in [-0.25, -0.2) is 0 Å². The van der Waals surface area contributed by atoms with Crippen LogP contribution in [0.1, 0.15) is 5.69 Å². The molecule has 0 aromatic carbocycles. The fourth-order valence-corrected chi connectivity index (χ4v) is 1.02. The molecular weight excluding hydrogens is 182 g/mol. The predicted octanol–water partition coefficient (Wildman–Crippen LogP) is -0.695. The zero-order chi connectivity index (χ0) is 10.4. The van der Waals surface area contributed by atoms with Crippen molar-refractivity contribution in [2.75, 3.05) is 18.5 Å². The van der Waals surface area contributed by atoms with Crippen molar-refractivity contribution in [2.45, 2.75) is 12.6 Å². The number of hydrogen-bond acceptors (Lipinski definition) is 5. The van der Waals surface area contributed by atoms with E-state index < -0.39 is 0 Å². The van der Waals surface area contributed by atoms with Gasteiger partial charge in [0.1, 0.15) is 0 Å². The van der Waals surface area contributed by atoms with Gasteiger partial charge in [-0.15, -0.1) is 0 Å². The highest BCUT2D eigenvalue weighted by atomic mass is 16.3. The molecule has 0 atom stereocenters. The van der Waals surface area contributed by atoms with Crippen molar-refractivity contribution >= 4 is 5.69 Å². The molecule has 14 heavy (non-hydrogen) atoms. The average molecular weight is 197 g/mol. The van der Waals surface area contributed by atoms with Crippen molar-refractivity contribution in [2.24, 2.45) is 5.73 Å². The number of anilines is 1. The molecule has 0 aliphatic heterocycles. The molecule has 5 nitrogen and oxygen atoms in total. The fraction of sp³-hybridized carbons (Fsp3) is 0.444. The third kappa shape index (κ3) is 2.95. The Hall–Kier alpha value is -1.17. The van der Waals surface area contributed by atoms with Gasteiger partial charge in [-0.1, -0.05) is 0 Å². The Morgan fingerprint density at radius 2 is 2.07 bits per heavy atom. The summed E-state index contributed by atoms with van der Waals surface area (Å²) >= 11 is 0. The molecule has 1 heterocycles. The highest BCUT2D eigenvalue weighted by molar-refractivity contribution is 5.42. The second-order valence-corrected chi connectivity index (χ2v) is 2.95. The van der Waals surface area contributed by atoms with Gasteiger partial charge in [0.25, 0.3) is 0 Å². The lowest BCUT2D eigenvalue weighted by Gasteiger charge is -2.14. The molecule has 1 rings (SSSR count). The van der Waals surface area contributed by atoms with Crippen LogP contribution in [0.15, 0.2) is 18.3 Å². The second-order valence-electron chi connectivity index (χ2n) is 2.95. The van der Waals surface area contributed by atoms with Crippen molar-refractivity contribution in [3.05, 3.63) is 24.0 Å². The maximum atomic E-state index is 8.83. The van der Waals surface area contributed by atoms with E-state index >= 15 is 0 Å². The Bertz CT molecular complexity index is 259. The zero-order valence-electron chi connectivity index (χ0n) is 7.85. The largest absolute Gasteiger partial charge is 0.394 e. The topological polar surface area (TPSA) is 91.4 Å². The van der Waals surface area contributed by atoms with Crippen LogP contribution in [-0.4, -0.2) is 34.5 Å². The lowest BCUT2D eigenvalue weighted by Crippen LogP contribution is -2.27. The van der Waals surface area contributed by atoms with E-state index in [4.69, 9.17) is 15.9 Å². The van der Waals surface area contributed by atoms with Crippen LogP contribution in [0.3, 0.4) is 0 Å². The van der Waals surface area contributed by atoms with Crippen LogP contribution in [0.5, 0.6) is 0 Å². The van der Waals surface area contributed by atoms with Gasteiger partial charge in [-0.05, 0) is 12.1 Å². The van der Waals surface area contributed by atoms with E-state index in [1.54, 1.807) is 12.3 Å². The fourth-order valence-electron chi connectivity index (χ4n) is 1.02. The van der Waals surface area contributed by atoms with E-state index in [0.29, 0.717) is 6.54 Å². The number of nitrogens with one attached hydrogen (secondary N) is 1. The van der Waals surface area contributed by atoms with Gasteiger partial charge in [0.15, 0.2) is 0 Å². The summed E-state index contributed by atoms with van der Waals surface area (Å²) in [6, 6.07) is 3.27. The molecule has 1 aromatic heterocycles. The van der Waals surface area contributed by atoms with Crippen molar-refractivity contribution in [1.82, 2.24) is 4.98 Å². The van der Waals surface area contributed by atoms with E-state index in [1.165, 1.54) is 0 Å². The minimum absolute atomic E-state index is 0.116. The lowest BCUT2D eigenvalue weighted by molar-refractivity contribution is 0.204. The van der Waals surface area contributed by atoms with Crippen LogP contribution >= 0.6 is 0 Å². The van der Waals surface area contributed by atoms with Crippen molar-refractivity contribution in [1.29, 1.82) is 0 Å². The predicted molar refractivity (Wildman–Crippen MR) is 53.7 cm³/mol. The summed E-state index contributed by atoms with van der Waals surface area (Å²) in [5.41, 5.74) is 6.96. The number of aliphatic hydroxyl groups is 2. The van der Waals surface area contributed by atoms with Crippen molar-refractivity contribution < 1.29 is 10.2 Å². The van der Waals surface area contributed by atoms with Gasteiger partial charge in [0, 0.05) is 6.54 Å². The lowest BCUT2D eigenvalue weighted by atomic mass is 10.3. The molecule has 5 N–H and O–H groups in total. The second kappa shape index (κ2) is 5.54. The molecule has 0 unspecified atom stereocenters. The zero-order valence-corrected chi connectivity index (χ0v) is 7.85. The van der Waals surface area contributed by atoms with E-state index in [9.17, 15) is 0 Å². The maximum absolute atomic E-state index is 8.83. The molecule has 0 spiro atoms. The Morgan fingerprint density at radius 1 is 1.36 bits per heavy atom. The first-order valence-electron chi connectivity index (χ1n) is 4.43. The molecule has 0 radical (unpaired) electrons. The minimum atomic E-state index is -0.347. The summed E-state index contributed by atoms with van der Waals surface area (Å²) in [4.78, 5) is 4.07. The summed E-state index contributed by atoms with van der Waals surface area (Å²) in [6.07, 6.45) is 1.63. The minimum Gasteiger partial charge on any atom is -0.394 e. The summed E-state index contributed by atoms with van der Waals surface area (Å²) in [5, 5.41) is 20.6.